The molecule has 2 rings (SSSR count). The van der Waals surface area contributed by atoms with Crippen LogP contribution in [-0.4, -0.2) is 34.0 Å². The van der Waals surface area contributed by atoms with E-state index in [0.717, 1.165) is 17.8 Å². The minimum Gasteiger partial charge on any atom is -0.508 e. The van der Waals surface area contributed by atoms with Crippen LogP contribution in [0.2, 0.25) is 0 Å². The van der Waals surface area contributed by atoms with Gasteiger partial charge in [-0.1, -0.05) is 11.8 Å². The van der Waals surface area contributed by atoms with Crippen LogP contribution in [0.5, 0.6) is 11.5 Å². The molecule has 0 unspecified atom stereocenters. The SMILES string of the molecule is COC(=O)CSc1nc(N)c(C#N)c(-c2cc(O)cc(O)c2)c1CN. The van der Waals surface area contributed by atoms with Crippen molar-refractivity contribution in [1.82, 2.24) is 4.98 Å². The zero-order chi connectivity index (χ0) is 18.6. The molecule has 0 aliphatic carbocycles. The van der Waals surface area contributed by atoms with E-state index in [1.54, 1.807) is 0 Å². The lowest BCUT2D eigenvalue weighted by Gasteiger charge is -2.16. The van der Waals surface area contributed by atoms with Gasteiger partial charge in [0.25, 0.3) is 0 Å². The monoisotopic (exact) mass is 360 g/mol. The maximum absolute atomic E-state index is 11.4. The number of aromatic nitrogens is 1. The van der Waals surface area contributed by atoms with Gasteiger partial charge < -0.3 is 26.4 Å². The molecular weight excluding hydrogens is 344 g/mol. The number of anilines is 1. The van der Waals surface area contributed by atoms with E-state index in [-0.39, 0.29) is 35.2 Å². The summed E-state index contributed by atoms with van der Waals surface area (Å²) < 4.78 is 4.60. The lowest BCUT2D eigenvalue weighted by Crippen LogP contribution is -2.10. The maximum Gasteiger partial charge on any atom is 0.316 e. The summed E-state index contributed by atoms with van der Waals surface area (Å²) in [6, 6.07) is 5.89. The molecule has 0 bridgehead atoms. The molecule has 0 atom stereocenters. The largest absolute Gasteiger partial charge is 0.508 e. The molecule has 0 spiro atoms. The number of carbonyl (C=O) groups is 1. The zero-order valence-corrected chi connectivity index (χ0v) is 14.1. The number of pyridine rings is 1. The Morgan fingerprint density at radius 2 is 2.00 bits per heavy atom. The van der Waals surface area contributed by atoms with Gasteiger partial charge in [-0.15, -0.1) is 0 Å². The number of ether oxygens (including phenoxy) is 1. The van der Waals surface area contributed by atoms with E-state index in [2.05, 4.69) is 9.72 Å². The van der Waals surface area contributed by atoms with E-state index in [9.17, 15) is 20.3 Å². The average molecular weight is 360 g/mol. The topological polar surface area (TPSA) is 155 Å². The number of rotatable bonds is 5. The van der Waals surface area contributed by atoms with Crippen molar-refractivity contribution in [2.45, 2.75) is 11.6 Å². The molecular formula is C16H16N4O4S. The van der Waals surface area contributed by atoms with Crippen molar-refractivity contribution in [2.24, 2.45) is 5.73 Å². The van der Waals surface area contributed by atoms with E-state index in [4.69, 9.17) is 11.5 Å². The minimum absolute atomic E-state index is 0.00737. The lowest BCUT2D eigenvalue weighted by molar-refractivity contribution is -0.137. The second kappa shape index (κ2) is 7.74. The Bertz CT molecular complexity index is 844. The van der Waals surface area contributed by atoms with Gasteiger partial charge in [-0.3, -0.25) is 4.79 Å². The predicted octanol–water partition coefficient (Wildman–Crippen LogP) is 1.34. The third-order valence-corrected chi connectivity index (χ3v) is 4.34. The fourth-order valence-corrected chi connectivity index (χ4v) is 3.18. The zero-order valence-electron chi connectivity index (χ0n) is 13.3. The van der Waals surface area contributed by atoms with E-state index in [1.165, 1.54) is 19.2 Å². The minimum atomic E-state index is -0.450. The molecule has 0 radical (unpaired) electrons. The van der Waals surface area contributed by atoms with Crippen LogP contribution in [0.4, 0.5) is 5.82 Å². The first-order valence-corrected chi connectivity index (χ1v) is 8.05. The average Bonchev–Trinajstić information content (AvgIpc) is 2.57. The molecule has 0 saturated carbocycles. The molecule has 0 saturated heterocycles. The second-order valence-corrected chi connectivity index (χ2v) is 5.91. The highest BCUT2D eigenvalue weighted by Gasteiger charge is 2.21. The normalized spacial score (nSPS) is 10.3. The molecule has 1 heterocycles. The summed E-state index contributed by atoms with van der Waals surface area (Å²) in [6.45, 7) is 0.0111. The van der Waals surface area contributed by atoms with E-state index >= 15 is 0 Å². The van der Waals surface area contributed by atoms with Gasteiger partial charge in [0.2, 0.25) is 0 Å². The Labute approximate surface area is 148 Å². The van der Waals surface area contributed by atoms with Crippen molar-refractivity contribution in [3.8, 4) is 28.7 Å². The number of esters is 1. The fourth-order valence-electron chi connectivity index (χ4n) is 2.28. The van der Waals surface area contributed by atoms with Gasteiger partial charge in [-0.25, -0.2) is 4.98 Å². The Morgan fingerprint density at radius 3 is 2.52 bits per heavy atom. The van der Waals surface area contributed by atoms with Crippen LogP contribution in [0.15, 0.2) is 23.2 Å². The summed E-state index contributed by atoms with van der Waals surface area (Å²) in [4.78, 5) is 15.5. The van der Waals surface area contributed by atoms with Gasteiger partial charge in [-0.2, -0.15) is 5.26 Å². The summed E-state index contributed by atoms with van der Waals surface area (Å²) in [5, 5.41) is 29.3. The van der Waals surface area contributed by atoms with Crippen LogP contribution in [-0.2, 0) is 16.1 Å². The molecule has 0 fully saturated rings. The van der Waals surface area contributed by atoms with Crippen LogP contribution < -0.4 is 11.5 Å². The maximum atomic E-state index is 11.4. The van der Waals surface area contributed by atoms with Gasteiger partial charge in [0, 0.05) is 23.7 Å². The Balaban J connectivity index is 2.69. The number of thioether (sulfide) groups is 1. The molecule has 0 amide bonds. The number of nitrogen functional groups attached to an aromatic ring is 1. The van der Waals surface area contributed by atoms with Gasteiger partial charge in [0.15, 0.2) is 0 Å². The van der Waals surface area contributed by atoms with Gasteiger partial charge in [0.1, 0.15) is 34.0 Å². The summed E-state index contributed by atoms with van der Waals surface area (Å²) in [5.74, 6) is -0.854. The number of phenols is 2. The lowest BCUT2D eigenvalue weighted by atomic mass is 9.96. The van der Waals surface area contributed by atoms with E-state index in [0.29, 0.717) is 21.7 Å². The van der Waals surface area contributed by atoms with Crippen molar-refractivity contribution >= 4 is 23.5 Å². The molecule has 0 aliphatic rings. The molecule has 25 heavy (non-hydrogen) atoms. The highest BCUT2D eigenvalue weighted by atomic mass is 32.2. The smallest absolute Gasteiger partial charge is 0.316 e. The van der Waals surface area contributed by atoms with Gasteiger partial charge in [0.05, 0.1) is 12.9 Å². The molecule has 6 N–H and O–H groups in total. The fraction of sp³-hybridized carbons (Fsp3) is 0.188. The molecule has 9 heteroatoms. The number of nitrogens with two attached hydrogens (primary N) is 2. The second-order valence-electron chi connectivity index (χ2n) is 4.95. The van der Waals surface area contributed by atoms with Crippen molar-refractivity contribution in [1.29, 1.82) is 5.26 Å². The molecule has 2 aromatic rings. The molecule has 1 aromatic carbocycles. The number of nitriles is 1. The van der Waals surface area contributed by atoms with Gasteiger partial charge >= 0.3 is 5.97 Å². The summed E-state index contributed by atoms with van der Waals surface area (Å²) in [7, 11) is 1.27. The molecule has 0 aliphatic heterocycles. The van der Waals surface area contributed by atoms with Crippen molar-refractivity contribution < 1.29 is 19.7 Å². The van der Waals surface area contributed by atoms with Crippen molar-refractivity contribution in [2.75, 3.05) is 18.6 Å². The first kappa shape index (κ1) is 18.4. The number of hydrogen-bond donors (Lipinski definition) is 4. The van der Waals surface area contributed by atoms with Crippen LogP contribution in [0.25, 0.3) is 11.1 Å². The van der Waals surface area contributed by atoms with E-state index in [1.807, 2.05) is 6.07 Å². The van der Waals surface area contributed by atoms with Crippen molar-refractivity contribution in [3.63, 3.8) is 0 Å². The predicted molar refractivity (Wildman–Crippen MR) is 92.8 cm³/mol. The van der Waals surface area contributed by atoms with Crippen LogP contribution in [0, 0.1) is 11.3 Å². The quantitative estimate of drug-likeness (QED) is 0.456. The Kier molecular flexibility index (Phi) is 5.69. The van der Waals surface area contributed by atoms with Crippen molar-refractivity contribution in [3.05, 3.63) is 29.3 Å². The first-order valence-electron chi connectivity index (χ1n) is 7.06. The van der Waals surface area contributed by atoms with E-state index < -0.39 is 5.97 Å². The Hall–Kier alpha value is -2.96. The number of phenolic OH excluding ortho intramolecular Hbond substituents is 2. The summed E-state index contributed by atoms with van der Waals surface area (Å²) in [6.07, 6.45) is 0. The standard InChI is InChI=1S/C16H16N4O4S/c1-24-13(23)7-25-16-12(6-18)14(11(5-17)15(19)20-16)8-2-9(21)4-10(22)3-8/h2-4,21-22H,6-7,18H2,1H3,(H2,19,20). The molecule has 1 aromatic heterocycles. The van der Waals surface area contributed by atoms with Crippen LogP contribution in [0.3, 0.4) is 0 Å². The third-order valence-electron chi connectivity index (χ3n) is 3.35. The highest BCUT2D eigenvalue weighted by molar-refractivity contribution is 7.99. The molecule has 130 valence electrons. The number of carbonyl (C=O) groups excluding carboxylic acids is 1. The van der Waals surface area contributed by atoms with Crippen LogP contribution >= 0.6 is 11.8 Å². The number of aromatic hydroxyl groups is 2. The van der Waals surface area contributed by atoms with Crippen LogP contribution in [0.1, 0.15) is 11.1 Å². The number of hydrogen-bond acceptors (Lipinski definition) is 9. The summed E-state index contributed by atoms with van der Waals surface area (Å²) >= 11 is 1.07. The number of benzene rings is 1. The number of methoxy groups -OCH3 is 1. The number of nitrogens with zero attached hydrogens (tertiary/aromatic N) is 2. The van der Waals surface area contributed by atoms with Gasteiger partial charge in [-0.05, 0) is 17.7 Å². The summed E-state index contributed by atoms with van der Waals surface area (Å²) in [5.41, 5.74) is 13.0. The third kappa shape index (κ3) is 3.93. The molecule has 8 nitrogen and oxygen atoms in total. The first-order chi connectivity index (χ1) is 11.9. The highest BCUT2D eigenvalue weighted by Crippen LogP contribution is 2.38. The Morgan fingerprint density at radius 1 is 1.36 bits per heavy atom.